The Bertz CT molecular complexity index is 743. The summed E-state index contributed by atoms with van der Waals surface area (Å²) in [6.07, 6.45) is 1.94. The lowest BCUT2D eigenvalue weighted by Crippen LogP contribution is -2.38. The number of imidazole rings is 1. The van der Waals surface area contributed by atoms with Crippen LogP contribution in [0.3, 0.4) is 0 Å². The van der Waals surface area contributed by atoms with Crippen LogP contribution in [-0.2, 0) is 26.6 Å². The molecular weight excluding hydrogens is 320 g/mol. The number of aromatic nitrogens is 2. The number of ether oxygens (including phenoxy) is 1. The molecule has 0 fully saturated rings. The fraction of sp³-hybridized carbons (Fsp3) is 0.286. The van der Waals surface area contributed by atoms with Crippen LogP contribution >= 0.6 is 11.8 Å². The molecule has 1 aromatic carbocycles. The van der Waals surface area contributed by atoms with Gasteiger partial charge >= 0.3 is 12.0 Å². The van der Waals surface area contributed by atoms with Crippen molar-refractivity contribution in [3.05, 3.63) is 30.1 Å². The molecule has 0 saturated heterocycles. The van der Waals surface area contributed by atoms with Gasteiger partial charge in [0.1, 0.15) is 12.4 Å². The van der Waals surface area contributed by atoms with Crippen molar-refractivity contribution in [2.75, 3.05) is 12.9 Å². The average molecular weight is 336 g/mol. The first-order valence-corrected chi connectivity index (χ1v) is 8.08. The highest BCUT2D eigenvalue weighted by Crippen LogP contribution is 2.18. The number of nitrogens with one attached hydrogen (secondary N) is 1. The van der Waals surface area contributed by atoms with Gasteiger partial charge in [-0.25, -0.2) is 9.78 Å². The number of nitrogens with two attached hydrogens (primary N) is 1. The molecular formula is C14H16N4O4S. The normalized spacial score (nSPS) is 10.5. The Labute approximate surface area is 136 Å². The molecule has 0 spiro atoms. The summed E-state index contributed by atoms with van der Waals surface area (Å²) in [7, 11) is 0. The van der Waals surface area contributed by atoms with Gasteiger partial charge in [0.2, 0.25) is 0 Å². The third kappa shape index (κ3) is 4.46. The van der Waals surface area contributed by atoms with E-state index in [1.807, 2.05) is 35.8 Å². The molecule has 0 bridgehead atoms. The molecule has 0 aliphatic heterocycles. The molecule has 23 heavy (non-hydrogen) atoms. The van der Waals surface area contributed by atoms with Crippen LogP contribution in [0, 0.1) is 0 Å². The Hall–Kier alpha value is -2.55. The number of urea groups is 1. The summed E-state index contributed by atoms with van der Waals surface area (Å²) in [5, 5.41) is 1.82. The number of amides is 3. The highest BCUT2D eigenvalue weighted by atomic mass is 32.2. The zero-order chi connectivity index (χ0) is 16.8. The maximum Gasteiger partial charge on any atom is 0.326 e. The van der Waals surface area contributed by atoms with Gasteiger partial charge in [-0.3, -0.25) is 14.9 Å². The number of benzene rings is 1. The summed E-state index contributed by atoms with van der Waals surface area (Å²) in [5.74, 6) is 0.0162. The molecule has 0 aliphatic carbocycles. The number of nitrogens with zero attached hydrogens (tertiary/aromatic N) is 2. The first-order valence-electron chi connectivity index (χ1n) is 6.69. The van der Waals surface area contributed by atoms with E-state index in [0.29, 0.717) is 5.75 Å². The van der Waals surface area contributed by atoms with E-state index < -0.39 is 24.5 Å². The van der Waals surface area contributed by atoms with Crippen LogP contribution in [0.4, 0.5) is 4.79 Å². The van der Waals surface area contributed by atoms with Crippen molar-refractivity contribution in [2.45, 2.75) is 12.3 Å². The molecule has 3 amide bonds. The van der Waals surface area contributed by atoms with E-state index in [-0.39, 0.29) is 6.54 Å². The molecule has 2 aromatic rings. The first-order chi connectivity index (χ1) is 11.0. The van der Waals surface area contributed by atoms with Crippen molar-refractivity contribution < 1.29 is 19.1 Å². The monoisotopic (exact) mass is 336 g/mol. The minimum Gasteiger partial charge on any atom is -0.454 e. The largest absolute Gasteiger partial charge is 0.454 e. The number of carbonyl (C=O) groups excluding carboxylic acids is 3. The summed E-state index contributed by atoms with van der Waals surface area (Å²) in [5.41, 5.74) is 6.40. The second-order valence-electron chi connectivity index (χ2n) is 4.61. The first kappa shape index (κ1) is 16.8. The number of rotatable bonds is 6. The van der Waals surface area contributed by atoms with Crippen LogP contribution in [0.15, 0.2) is 24.3 Å². The quantitative estimate of drug-likeness (QED) is 0.748. The SMILES string of the molecule is CSCc1nc2ccccc2n1CC(=O)OCC(=O)NC(N)=O. The van der Waals surface area contributed by atoms with Crippen molar-refractivity contribution in [1.82, 2.24) is 14.9 Å². The highest BCUT2D eigenvalue weighted by Gasteiger charge is 2.15. The van der Waals surface area contributed by atoms with E-state index in [2.05, 4.69) is 4.98 Å². The van der Waals surface area contributed by atoms with E-state index in [0.717, 1.165) is 16.9 Å². The summed E-state index contributed by atoms with van der Waals surface area (Å²) >= 11 is 1.59. The van der Waals surface area contributed by atoms with E-state index in [1.54, 1.807) is 16.3 Å². The number of hydrogen-bond donors (Lipinski definition) is 2. The molecule has 0 saturated carbocycles. The van der Waals surface area contributed by atoms with E-state index in [9.17, 15) is 14.4 Å². The van der Waals surface area contributed by atoms with Gasteiger partial charge in [-0.2, -0.15) is 11.8 Å². The minimum absolute atomic E-state index is 0.0692. The molecule has 3 N–H and O–H groups in total. The molecule has 0 radical (unpaired) electrons. The molecule has 122 valence electrons. The Morgan fingerprint density at radius 3 is 2.78 bits per heavy atom. The number of hydrogen-bond acceptors (Lipinski definition) is 6. The maximum absolute atomic E-state index is 11.9. The fourth-order valence-corrected chi connectivity index (χ4v) is 2.51. The van der Waals surface area contributed by atoms with Crippen LogP contribution in [-0.4, -0.2) is 40.3 Å². The average Bonchev–Trinajstić information content (AvgIpc) is 2.83. The number of primary amides is 1. The molecule has 8 nitrogen and oxygen atoms in total. The van der Waals surface area contributed by atoms with Gasteiger partial charge in [0.25, 0.3) is 5.91 Å². The van der Waals surface area contributed by atoms with Gasteiger partial charge in [0, 0.05) is 0 Å². The number of fused-ring (bicyclic) bond motifs is 1. The van der Waals surface area contributed by atoms with Gasteiger partial charge in [0.15, 0.2) is 6.61 Å². The molecule has 2 rings (SSSR count). The lowest BCUT2D eigenvalue weighted by atomic mass is 10.3. The van der Waals surface area contributed by atoms with Gasteiger partial charge < -0.3 is 15.0 Å². The van der Waals surface area contributed by atoms with Crippen LogP contribution in [0.5, 0.6) is 0 Å². The molecule has 0 unspecified atom stereocenters. The van der Waals surface area contributed by atoms with E-state index in [1.165, 1.54) is 0 Å². The lowest BCUT2D eigenvalue weighted by Gasteiger charge is -2.08. The summed E-state index contributed by atoms with van der Waals surface area (Å²) in [6.45, 7) is -0.632. The fourth-order valence-electron chi connectivity index (χ4n) is 2.04. The van der Waals surface area contributed by atoms with Crippen molar-refractivity contribution in [2.24, 2.45) is 5.73 Å². The van der Waals surface area contributed by atoms with Gasteiger partial charge in [-0.05, 0) is 18.4 Å². The van der Waals surface area contributed by atoms with Gasteiger partial charge in [0.05, 0.1) is 16.8 Å². The van der Waals surface area contributed by atoms with Gasteiger partial charge in [-0.1, -0.05) is 12.1 Å². The van der Waals surface area contributed by atoms with E-state index in [4.69, 9.17) is 10.5 Å². The maximum atomic E-state index is 11.9. The molecule has 0 atom stereocenters. The minimum atomic E-state index is -0.992. The second-order valence-corrected chi connectivity index (χ2v) is 5.48. The number of thioether (sulfide) groups is 1. The third-order valence-corrected chi connectivity index (χ3v) is 3.47. The summed E-state index contributed by atoms with van der Waals surface area (Å²) < 4.78 is 6.60. The summed E-state index contributed by atoms with van der Waals surface area (Å²) in [6, 6.07) is 6.46. The lowest BCUT2D eigenvalue weighted by molar-refractivity contribution is -0.148. The van der Waals surface area contributed by atoms with Crippen molar-refractivity contribution >= 4 is 40.7 Å². The van der Waals surface area contributed by atoms with Crippen molar-refractivity contribution in [1.29, 1.82) is 0 Å². The zero-order valence-corrected chi connectivity index (χ0v) is 13.3. The second kappa shape index (κ2) is 7.63. The standard InChI is InChI=1S/C14H16N4O4S/c1-23-8-11-16-9-4-2-3-5-10(9)18(11)6-13(20)22-7-12(19)17-14(15)21/h2-5H,6-8H2,1H3,(H3,15,17,19,21). The van der Waals surface area contributed by atoms with Crippen LogP contribution in [0.2, 0.25) is 0 Å². The molecule has 0 aliphatic rings. The Kier molecular flexibility index (Phi) is 5.58. The van der Waals surface area contributed by atoms with E-state index >= 15 is 0 Å². The highest BCUT2D eigenvalue weighted by molar-refractivity contribution is 7.97. The van der Waals surface area contributed by atoms with Gasteiger partial charge in [-0.15, -0.1) is 0 Å². The Morgan fingerprint density at radius 2 is 2.09 bits per heavy atom. The molecule has 9 heteroatoms. The van der Waals surface area contributed by atoms with Crippen molar-refractivity contribution in [3.8, 4) is 0 Å². The van der Waals surface area contributed by atoms with Crippen LogP contribution in [0.1, 0.15) is 5.82 Å². The number of imide groups is 1. The number of esters is 1. The predicted octanol–water partition coefficient (Wildman–Crippen LogP) is 0.637. The molecule has 1 heterocycles. The smallest absolute Gasteiger partial charge is 0.326 e. The van der Waals surface area contributed by atoms with Crippen LogP contribution in [0.25, 0.3) is 11.0 Å². The Morgan fingerprint density at radius 1 is 1.35 bits per heavy atom. The predicted molar refractivity (Wildman–Crippen MR) is 85.6 cm³/mol. The topological polar surface area (TPSA) is 116 Å². The van der Waals surface area contributed by atoms with Crippen LogP contribution < -0.4 is 11.1 Å². The van der Waals surface area contributed by atoms with Crippen molar-refractivity contribution in [3.63, 3.8) is 0 Å². The molecule has 1 aromatic heterocycles. The number of carbonyl (C=O) groups is 3. The zero-order valence-electron chi connectivity index (χ0n) is 12.4. The third-order valence-electron chi connectivity index (χ3n) is 2.92. The Balaban J connectivity index is 2.08. The number of para-hydroxylation sites is 2. The summed E-state index contributed by atoms with van der Waals surface area (Å²) in [4.78, 5) is 38.2.